The maximum atomic E-state index is 11.4. The van der Waals surface area contributed by atoms with Crippen LogP contribution in [0.25, 0.3) is 6.08 Å². The lowest BCUT2D eigenvalue weighted by Gasteiger charge is -1.98. The number of carbonyl (C=O) groups is 2. The lowest BCUT2D eigenvalue weighted by atomic mass is 10.1. The van der Waals surface area contributed by atoms with Gasteiger partial charge in [-0.25, -0.2) is 4.79 Å². The molecule has 1 aromatic rings. The van der Waals surface area contributed by atoms with Crippen molar-refractivity contribution in [3.05, 3.63) is 41.0 Å². The van der Waals surface area contributed by atoms with E-state index in [0.29, 0.717) is 6.42 Å². The summed E-state index contributed by atoms with van der Waals surface area (Å²) < 4.78 is 0. The maximum Gasteiger partial charge on any atom is 0.335 e. The zero-order valence-corrected chi connectivity index (χ0v) is 8.77. The number of carbonyl (C=O) groups excluding carboxylic acids is 1. The lowest BCUT2D eigenvalue weighted by molar-refractivity contribution is -0.114. The molecule has 0 amide bonds. The van der Waals surface area contributed by atoms with Crippen LogP contribution >= 0.6 is 0 Å². The molecular weight excluding hydrogens is 204 g/mol. The van der Waals surface area contributed by atoms with Crippen LogP contribution in [-0.4, -0.2) is 16.9 Å². The van der Waals surface area contributed by atoms with Crippen molar-refractivity contribution in [3.63, 3.8) is 0 Å². The van der Waals surface area contributed by atoms with Gasteiger partial charge in [0.15, 0.2) is 5.78 Å². The van der Waals surface area contributed by atoms with E-state index in [0.717, 1.165) is 24.0 Å². The van der Waals surface area contributed by atoms with Crippen LogP contribution in [0.1, 0.15) is 35.2 Å². The number of allylic oxidation sites excluding steroid dienone is 1. The standard InChI is InChI=1S/C13H12O3/c14-12-3-1-2-11(12)8-9-4-6-10(7-5-9)13(15)16/h4-8H,1-3H2,(H,15,16)/b11-8+. The molecule has 0 bridgehead atoms. The first-order valence-electron chi connectivity index (χ1n) is 5.24. The molecule has 0 saturated heterocycles. The lowest BCUT2D eigenvalue weighted by Crippen LogP contribution is -1.95. The molecule has 1 fully saturated rings. The van der Waals surface area contributed by atoms with E-state index in [1.54, 1.807) is 24.3 Å². The number of aromatic carboxylic acids is 1. The van der Waals surface area contributed by atoms with Crippen LogP contribution in [-0.2, 0) is 4.79 Å². The van der Waals surface area contributed by atoms with Gasteiger partial charge in [0.05, 0.1) is 5.56 Å². The largest absolute Gasteiger partial charge is 0.478 e. The van der Waals surface area contributed by atoms with Gasteiger partial charge in [0.25, 0.3) is 0 Å². The molecule has 1 saturated carbocycles. The third-order valence-corrected chi connectivity index (χ3v) is 2.71. The van der Waals surface area contributed by atoms with Gasteiger partial charge in [-0.15, -0.1) is 0 Å². The Morgan fingerprint density at radius 3 is 2.38 bits per heavy atom. The average Bonchev–Trinajstić information content (AvgIpc) is 2.65. The summed E-state index contributed by atoms with van der Waals surface area (Å²) in [7, 11) is 0. The Balaban J connectivity index is 2.22. The minimum Gasteiger partial charge on any atom is -0.478 e. The Labute approximate surface area is 93.4 Å². The van der Waals surface area contributed by atoms with E-state index in [2.05, 4.69) is 0 Å². The molecule has 3 nitrogen and oxygen atoms in total. The fourth-order valence-electron chi connectivity index (χ4n) is 1.82. The van der Waals surface area contributed by atoms with E-state index in [4.69, 9.17) is 5.11 Å². The summed E-state index contributed by atoms with van der Waals surface area (Å²) >= 11 is 0. The summed E-state index contributed by atoms with van der Waals surface area (Å²) in [4.78, 5) is 22.0. The molecule has 0 heterocycles. The number of carboxylic acid groups (broad SMARTS) is 1. The van der Waals surface area contributed by atoms with Crippen LogP contribution in [0.5, 0.6) is 0 Å². The van der Waals surface area contributed by atoms with Crippen LogP contribution in [0, 0.1) is 0 Å². The summed E-state index contributed by atoms with van der Waals surface area (Å²) in [5.74, 6) is -0.724. The highest BCUT2D eigenvalue weighted by Gasteiger charge is 2.16. The van der Waals surface area contributed by atoms with Crippen molar-refractivity contribution >= 4 is 17.8 Å². The molecule has 1 N–H and O–H groups in total. The van der Waals surface area contributed by atoms with Crippen molar-refractivity contribution < 1.29 is 14.7 Å². The number of hydrogen-bond acceptors (Lipinski definition) is 2. The van der Waals surface area contributed by atoms with Crippen LogP contribution in [0.15, 0.2) is 29.8 Å². The van der Waals surface area contributed by atoms with Crippen LogP contribution < -0.4 is 0 Å². The van der Waals surface area contributed by atoms with E-state index < -0.39 is 5.97 Å². The zero-order chi connectivity index (χ0) is 11.5. The van der Waals surface area contributed by atoms with Crippen molar-refractivity contribution in [2.24, 2.45) is 0 Å². The quantitative estimate of drug-likeness (QED) is 0.773. The second-order valence-corrected chi connectivity index (χ2v) is 3.87. The Morgan fingerprint density at radius 2 is 1.88 bits per heavy atom. The summed E-state index contributed by atoms with van der Waals surface area (Å²) in [6.07, 6.45) is 4.25. The maximum absolute atomic E-state index is 11.4. The SMILES string of the molecule is O=C1CCC/C1=C\c1ccc(C(=O)O)cc1. The van der Waals surface area contributed by atoms with Gasteiger partial charge in [-0.2, -0.15) is 0 Å². The van der Waals surface area contributed by atoms with E-state index in [-0.39, 0.29) is 11.3 Å². The van der Waals surface area contributed by atoms with Gasteiger partial charge in [0.2, 0.25) is 0 Å². The molecule has 1 aliphatic carbocycles. The van der Waals surface area contributed by atoms with Gasteiger partial charge in [0.1, 0.15) is 0 Å². The number of carboxylic acids is 1. The Kier molecular flexibility index (Phi) is 2.86. The summed E-state index contributed by atoms with van der Waals surface area (Å²) in [5, 5.41) is 8.73. The Hall–Kier alpha value is -1.90. The number of benzene rings is 1. The van der Waals surface area contributed by atoms with E-state index >= 15 is 0 Å². The normalized spacial score (nSPS) is 18.0. The zero-order valence-electron chi connectivity index (χ0n) is 8.77. The fourth-order valence-corrected chi connectivity index (χ4v) is 1.82. The Morgan fingerprint density at radius 1 is 1.19 bits per heavy atom. The second kappa shape index (κ2) is 4.31. The molecule has 0 spiro atoms. The first-order chi connectivity index (χ1) is 7.66. The molecule has 16 heavy (non-hydrogen) atoms. The highest BCUT2D eigenvalue weighted by Crippen LogP contribution is 2.22. The van der Waals surface area contributed by atoms with Crippen molar-refractivity contribution in [2.45, 2.75) is 19.3 Å². The third kappa shape index (κ3) is 2.19. The van der Waals surface area contributed by atoms with Gasteiger partial charge >= 0.3 is 5.97 Å². The van der Waals surface area contributed by atoms with Gasteiger partial charge < -0.3 is 5.11 Å². The molecule has 2 rings (SSSR count). The first-order valence-corrected chi connectivity index (χ1v) is 5.24. The smallest absolute Gasteiger partial charge is 0.335 e. The predicted octanol–water partition coefficient (Wildman–Crippen LogP) is 2.52. The first kappa shape index (κ1) is 10.6. The monoisotopic (exact) mass is 216 g/mol. The van der Waals surface area contributed by atoms with E-state index in [1.807, 2.05) is 6.08 Å². The molecule has 1 aromatic carbocycles. The molecule has 0 aliphatic heterocycles. The summed E-state index contributed by atoms with van der Waals surface area (Å²) in [6.45, 7) is 0. The van der Waals surface area contributed by atoms with Crippen molar-refractivity contribution in [1.82, 2.24) is 0 Å². The minimum absolute atomic E-state index is 0.210. The molecule has 3 heteroatoms. The van der Waals surface area contributed by atoms with Gasteiger partial charge in [0, 0.05) is 6.42 Å². The predicted molar refractivity (Wildman–Crippen MR) is 60.2 cm³/mol. The summed E-state index contributed by atoms with van der Waals surface area (Å²) in [5.41, 5.74) is 2.00. The number of rotatable bonds is 2. The highest BCUT2D eigenvalue weighted by atomic mass is 16.4. The van der Waals surface area contributed by atoms with Gasteiger partial charge in [-0.05, 0) is 42.2 Å². The van der Waals surface area contributed by atoms with E-state index in [9.17, 15) is 9.59 Å². The fraction of sp³-hybridized carbons (Fsp3) is 0.231. The number of ketones is 1. The van der Waals surface area contributed by atoms with Gasteiger partial charge in [-0.1, -0.05) is 12.1 Å². The van der Waals surface area contributed by atoms with Crippen molar-refractivity contribution in [1.29, 1.82) is 0 Å². The van der Waals surface area contributed by atoms with Crippen LogP contribution in [0.2, 0.25) is 0 Å². The molecular formula is C13H12O3. The second-order valence-electron chi connectivity index (χ2n) is 3.87. The minimum atomic E-state index is -0.934. The topological polar surface area (TPSA) is 54.4 Å². The molecule has 0 unspecified atom stereocenters. The molecule has 0 aromatic heterocycles. The summed E-state index contributed by atoms with van der Waals surface area (Å²) in [6, 6.07) is 6.55. The highest BCUT2D eigenvalue weighted by molar-refractivity contribution is 6.01. The third-order valence-electron chi connectivity index (χ3n) is 2.71. The molecule has 0 atom stereocenters. The number of hydrogen-bond donors (Lipinski definition) is 1. The van der Waals surface area contributed by atoms with Crippen LogP contribution in [0.4, 0.5) is 0 Å². The van der Waals surface area contributed by atoms with Crippen molar-refractivity contribution in [3.8, 4) is 0 Å². The Bertz CT molecular complexity index is 455. The van der Waals surface area contributed by atoms with Gasteiger partial charge in [-0.3, -0.25) is 4.79 Å². The number of Topliss-reactive ketones (excluding diaryl/α,β-unsaturated/α-hetero) is 1. The average molecular weight is 216 g/mol. The van der Waals surface area contributed by atoms with Crippen molar-refractivity contribution in [2.75, 3.05) is 0 Å². The molecule has 0 radical (unpaired) electrons. The molecule has 1 aliphatic rings. The van der Waals surface area contributed by atoms with E-state index in [1.165, 1.54) is 0 Å². The molecule has 82 valence electrons. The van der Waals surface area contributed by atoms with Crippen LogP contribution in [0.3, 0.4) is 0 Å².